The third kappa shape index (κ3) is 2.41. The second-order valence-corrected chi connectivity index (χ2v) is 6.12. The first-order chi connectivity index (χ1) is 9.31. The molecule has 102 valence electrons. The zero-order valence-electron chi connectivity index (χ0n) is 11.7. The van der Waals surface area contributed by atoms with Gasteiger partial charge in [0.1, 0.15) is 0 Å². The van der Waals surface area contributed by atoms with E-state index in [-0.39, 0.29) is 0 Å². The van der Waals surface area contributed by atoms with Gasteiger partial charge in [0.05, 0.1) is 10.2 Å². The van der Waals surface area contributed by atoms with Crippen molar-refractivity contribution < 1.29 is 0 Å². The van der Waals surface area contributed by atoms with E-state index in [0.29, 0.717) is 0 Å². The summed E-state index contributed by atoms with van der Waals surface area (Å²) >= 11 is 1.77. The molecule has 0 amide bonds. The molecule has 1 aliphatic heterocycles. The molecule has 0 radical (unpaired) electrons. The molecular formula is C15H21N3S. The number of aryl methyl sites for hydroxylation is 1. The predicted octanol–water partition coefficient (Wildman–Crippen LogP) is 3.89. The lowest BCUT2D eigenvalue weighted by molar-refractivity contribution is 0.682. The Labute approximate surface area is 118 Å². The smallest absolute Gasteiger partial charge is 0.183 e. The average molecular weight is 275 g/mol. The van der Waals surface area contributed by atoms with Crippen LogP contribution in [0.1, 0.15) is 32.3 Å². The minimum absolute atomic E-state index is 0.932. The Bertz CT molecular complexity index is 576. The van der Waals surface area contributed by atoms with Gasteiger partial charge in [-0.2, -0.15) is 0 Å². The van der Waals surface area contributed by atoms with Gasteiger partial charge in [-0.1, -0.05) is 18.3 Å². The molecule has 0 saturated carbocycles. The molecule has 2 heterocycles. The maximum Gasteiger partial charge on any atom is 0.183 e. The van der Waals surface area contributed by atoms with E-state index in [1.54, 1.807) is 11.3 Å². The van der Waals surface area contributed by atoms with Crippen molar-refractivity contribution >= 4 is 32.4 Å². The summed E-state index contributed by atoms with van der Waals surface area (Å²) in [5.74, 6) is 0. The van der Waals surface area contributed by atoms with Crippen LogP contribution in [0.4, 0.5) is 10.8 Å². The summed E-state index contributed by atoms with van der Waals surface area (Å²) in [7, 11) is 0. The number of nitrogens with zero attached hydrogens (tertiary/aromatic N) is 2. The molecule has 1 aliphatic rings. The first kappa shape index (κ1) is 12.7. The Morgan fingerprint density at radius 1 is 1.37 bits per heavy atom. The highest BCUT2D eigenvalue weighted by Crippen LogP contribution is 2.35. The van der Waals surface area contributed by atoms with Crippen molar-refractivity contribution in [3.63, 3.8) is 0 Å². The van der Waals surface area contributed by atoms with Crippen molar-refractivity contribution in [3.8, 4) is 0 Å². The van der Waals surface area contributed by atoms with E-state index in [2.05, 4.69) is 41.2 Å². The standard InChI is InChI=1S/C15H21N3S/c1-3-7-18-8-5-6-11-9-14-12(10-13(11)18)17-15(19-14)16-4-2/h9-10H,3-8H2,1-2H3,(H,16,17). The van der Waals surface area contributed by atoms with Gasteiger partial charge in [-0.05, 0) is 43.9 Å². The number of rotatable bonds is 4. The highest BCUT2D eigenvalue weighted by Gasteiger charge is 2.18. The number of hydrogen-bond acceptors (Lipinski definition) is 4. The summed E-state index contributed by atoms with van der Waals surface area (Å²) in [6.07, 6.45) is 3.69. The van der Waals surface area contributed by atoms with Gasteiger partial charge in [0.2, 0.25) is 0 Å². The third-order valence-corrected chi connectivity index (χ3v) is 4.60. The Balaban J connectivity index is 2.03. The molecule has 19 heavy (non-hydrogen) atoms. The highest BCUT2D eigenvalue weighted by atomic mass is 32.1. The molecule has 4 heteroatoms. The second-order valence-electron chi connectivity index (χ2n) is 5.09. The van der Waals surface area contributed by atoms with Crippen molar-refractivity contribution in [1.82, 2.24) is 4.98 Å². The highest BCUT2D eigenvalue weighted by molar-refractivity contribution is 7.22. The quantitative estimate of drug-likeness (QED) is 0.917. The molecule has 0 bridgehead atoms. The Kier molecular flexibility index (Phi) is 3.60. The van der Waals surface area contributed by atoms with E-state index >= 15 is 0 Å². The summed E-state index contributed by atoms with van der Waals surface area (Å²) in [4.78, 5) is 7.20. The van der Waals surface area contributed by atoms with Gasteiger partial charge < -0.3 is 10.2 Å². The summed E-state index contributed by atoms with van der Waals surface area (Å²) in [5, 5.41) is 4.36. The number of fused-ring (bicyclic) bond motifs is 2. The SMILES string of the molecule is CCCN1CCCc2cc3sc(NCC)nc3cc21. The van der Waals surface area contributed by atoms with Crippen LogP contribution in [0.2, 0.25) is 0 Å². The molecule has 0 spiro atoms. The van der Waals surface area contributed by atoms with E-state index in [1.807, 2.05) is 0 Å². The van der Waals surface area contributed by atoms with E-state index in [4.69, 9.17) is 0 Å². The fraction of sp³-hybridized carbons (Fsp3) is 0.533. The molecule has 2 aromatic rings. The number of benzene rings is 1. The van der Waals surface area contributed by atoms with Crippen LogP contribution in [0.25, 0.3) is 10.2 Å². The maximum atomic E-state index is 4.69. The first-order valence-electron chi connectivity index (χ1n) is 7.24. The predicted molar refractivity (Wildman–Crippen MR) is 84.6 cm³/mol. The topological polar surface area (TPSA) is 28.2 Å². The Hall–Kier alpha value is -1.29. The summed E-state index contributed by atoms with van der Waals surface area (Å²) in [6, 6.07) is 4.64. The molecule has 1 aromatic carbocycles. The lowest BCUT2D eigenvalue weighted by Crippen LogP contribution is -2.29. The molecular weight excluding hydrogens is 254 g/mol. The molecule has 0 saturated heterocycles. The lowest BCUT2D eigenvalue weighted by atomic mass is 10.0. The minimum atomic E-state index is 0.932. The molecule has 0 aliphatic carbocycles. The fourth-order valence-corrected chi connectivity index (χ4v) is 3.79. The fourth-order valence-electron chi connectivity index (χ4n) is 2.81. The molecule has 1 aromatic heterocycles. The first-order valence-corrected chi connectivity index (χ1v) is 8.05. The van der Waals surface area contributed by atoms with Crippen LogP contribution < -0.4 is 10.2 Å². The van der Waals surface area contributed by atoms with Crippen molar-refractivity contribution in [3.05, 3.63) is 17.7 Å². The largest absolute Gasteiger partial charge is 0.371 e. The minimum Gasteiger partial charge on any atom is -0.371 e. The number of aromatic nitrogens is 1. The number of hydrogen-bond donors (Lipinski definition) is 1. The van der Waals surface area contributed by atoms with Crippen LogP contribution >= 0.6 is 11.3 Å². The van der Waals surface area contributed by atoms with Gasteiger partial charge in [0.15, 0.2) is 5.13 Å². The van der Waals surface area contributed by atoms with Crippen LogP contribution in [0.3, 0.4) is 0 Å². The third-order valence-electron chi connectivity index (χ3n) is 3.63. The van der Waals surface area contributed by atoms with Gasteiger partial charge in [-0.15, -0.1) is 0 Å². The van der Waals surface area contributed by atoms with Gasteiger partial charge in [0, 0.05) is 25.3 Å². The molecule has 0 unspecified atom stereocenters. The van der Waals surface area contributed by atoms with Crippen LogP contribution in [0.15, 0.2) is 12.1 Å². The van der Waals surface area contributed by atoms with E-state index in [1.165, 1.54) is 41.8 Å². The molecule has 3 rings (SSSR count). The van der Waals surface area contributed by atoms with E-state index < -0.39 is 0 Å². The van der Waals surface area contributed by atoms with E-state index in [0.717, 1.165) is 23.7 Å². The zero-order valence-corrected chi connectivity index (χ0v) is 12.5. The van der Waals surface area contributed by atoms with Crippen LogP contribution in [-0.4, -0.2) is 24.6 Å². The summed E-state index contributed by atoms with van der Waals surface area (Å²) < 4.78 is 1.31. The van der Waals surface area contributed by atoms with Crippen LogP contribution in [0.5, 0.6) is 0 Å². The van der Waals surface area contributed by atoms with Gasteiger partial charge in [-0.25, -0.2) is 4.98 Å². The maximum absolute atomic E-state index is 4.69. The zero-order chi connectivity index (χ0) is 13.2. The average Bonchev–Trinajstić information content (AvgIpc) is 2.79. The Morgan fingerprint density at radius 3 is 3.05 bits per heavy atom. The molecule has 0 atom stereocenters. The van der Waals surface area contributed by atoms with Crippen molar-refractivity contribution in [2.45, 2.75) is 33.1 Å². The number of nitrogens with one attached hydrogen (secondary N) is 1. The Morgan fingerprint density at radius 2 is 2.26 bits per heavy atom. The van der Waals surface area contributed by atoms with Gasteiger partial charge >= 0.3 is 0 Å². The van der Waals surface area contributed by atoms with Crippen LogP contribution in [0, 0.1) is 0 Å². The molecule has 0 fully saturated rings. The summed E-state index contributed by atoms with van der Waals surface area (Å²) in [5.41, 5.74) is 4.05. The molecule has 3 nitrogen and oxygen atoms in total. The normalized spacial score (nSPS) is 14.7. The number of anilines is 2. The second kappa shape index (κ2) is 5.37. The van der Waals surface area contributed by atoms with Crippen LogP contribution in [-0.2, 0) is 6.42 Å². The summed E-state index contributed by atoms with van der Waals surface area (Å²) in [6.45, 7) is 7.64. The van der Waals surface area contributed by atoms with Crippen molar-refractivity contribution in [2.75, 3.05) is 29.9 Å². The van der Waals surface area contributed by atoms with Gasteiger partial charge in [-0.3, -0.25) is 0 Å². The van der Waals surface area contributed by atoms with Crippen molar-refractivity contribution in [2.24, 2.45) is 0 Å². The lowest BCUT2D eigenvalue weighted by Gasteiger charge is -2.31. The number of thiazole rings is 1. The van der Waals surface area contributed by atoms with E-state index in [9.17, 15) is 0 Å². The van der Waals surface area contributed by atoms with Crippen molar-refractivity contribution in [1.29, 1.82) is 0 Å². The molecule has 1 N–H and O–H groups in total. The van der Waals surface area contributed by atoms with Gasteiger partial charge in [0.25, 0.3) is 0 Å². The monoisotopic (exact) mass is 275 g/mol.